The highest BCUT2D eigenvalue weighted by atomic mass is 32.2. The van der Waals surface area contributed by atoms with Gasteiger partial charge in [0.05, 0.1) is 6.20 Å². The van der Waals surface area contributed by atoms with Crippen LogP contribution in [0.1, 0.15) is 0 Å². The zero-order chi connectivity index (χ0) is 11.0. The summed E-state index contributed by atoms with van der Waals surface area (Å²) in [5.74, 6) is -0.579. The molecule has 0 atom stereocenters. The van der Waals surface area contributed by atoms with E-state index in [1.807, 2.05) is 0 Å². The number of halogens is 1. The number of rotatable bonds is 2. The first kappa shape index (κ1) is 9.97. The monoisotopic (exact) mass is 226 g/mol. The Hall–Kier alpha value is -1.56. The SMILES string of the molecule is CSc1cn([N+](=O)[O-])c2c(F)cccc12. The molecule has 1 heterocycles. The van der Waals surface area contributed by atoms with Crippen molar-refractivity contribution in [1.82, 2.24) is 4.68 Å². The second kappa shape index (κ2) is 3.54. The van der Waals surface area contributed by atoms with Gasteiger partial charge in [-0.1, -0.05) is 16.8 Å². The van der Waals surface area contributed by atoms with E-state index in [1.54, 1.807) is 18.4 Å². The van der Waals surface area contributed by atoms with Crippen molar-refractivity contribution in [2.24, 2.45) is 0 Å². The number of nitro groups is 1. The topological polar surface area (TPSA) is 48.1 Å². The first-order valence-corrected chi connectivity index (χ1v) is 5.36. The summed E-state index contributed by atoms with van der Waals surface area (Å²) in [7, 11) is 0. The Balaban J connectivity index is 2.88. The van der Waals surface area contributed by atoms with E-state index in [2.05, 4.69) is 0 Å². The van der Waals surface area contributed by atoms with Gasteiger partial charge in [-0.15, -0.1) is 11.8 Å². The van der Waals surface area contributed by atoms with Crippen molar-refractivity contribution in [3.8, 4) is 0 Å². The summed E-state index contributed by atoms with van der Waals surface area (Å²) in [6.07, 6.45) is 3.13. The standard InChI is InChI=1S/C9H7FN2O2S/c1-15-8-5-11(12(13)14)9-6(8)3-2-4-7(9)10/h2-5H,1H3. The highest BCUT2D eigenvalue weighted by molar-refractivity contribution is 7.98. The molecule has 2 aromatic rings. The van der Waals surface area contributed by atoms with Gasteiger partial charge in [-0.3, -0.25) is 0 Å². The molecule has 0 N–H and O–H groups in total. The fourth-order valence-electron chi connectivity index (χ4n) is 1.48. The van der Waals surface area contributed by atoms with Gasteiger partial charge in [-0.05, 0) is 12.3 Å². The normalized spacial score (nSPS) is 10.8. The summed E-state index contributed by atoms with van der Waals surface area (Å²) in [5, 5.41) is 10.6. The third-order valence-electron chi connectivity index (χ3n) is 2.12. The molecule has 1 aromatic carbocycles. The summed E-state index contributed by atoms with van der Waals surface area (Å²) in [6, 6.07) is 4.43. The van der Waals surface area contributed by atoms with E-state index < -0.39 is 10.8 Å². The Morgan fingerprint density at radius 1 is 1.53 bits per heavy atom. The number of fused-ring (bicyclic) bond motifs is 1. The zero-order valence-corrected chi connectivity index (χ0v) is 8.62. The maximum atomic E-state index is 13.4. The van der Waals surface area contributed by atoms with Gasteiger partial charge in [0.15, 0.2) is 16.4 Å². The summed E-state index contributed by atoms with van der Waals surface area (Å²) in [6.45, 7) is 0. The Kier molecular flexibility index (Phi) is 2.36. The molecule has 0 radical (unpaired) electrons. The third kappa shape index (κ3) is 1.46. The fraction of sp³-hybridized carbons (Fsp3) is 0.111. The van der Waals surface area contributed by atoms with E-state index in [-0.39, 0.29) is 5.52 Å². The van der Waals surface area contributed by atoms with Gasteiger partial charge in [-0.25, -0.2) is 14.5 Å². The van der Waals surface area contributed by atoms with E-state index in [1.165, 1.54) is 24.0 Å². The van der Waals surface area contributed by atoms with Gasteiger partial charge in [0.25, 0.3) is 0 Å². The molecule has 0 aliphatic carbocycles. The van der Waals surface area contributed by atoms with Crippen LogP contribution in [-0.2, 0) is 0 Å². The largest absolute Gasteiger partial charge is 0.234 e. The lowest BCUT2D eigenvalue weighted by Gasteiger charge is -1.94. The summed E-state index contributed by atoms with van der Waals surface area (Å²) in [4.78, 5) is 11.4. The minimum Gasteiger partial charge on any atom is -0.234 e. The molecule has 0 saturated carbocycles. The zero-order valence-electron chi connectivity index (χ0n) is 7.81. The lowest BCUT2D eigenvalue weighted by Crippen LogP contribution is -2.07. The van der Waals surface area contributed by atoms with Gasteiger partial charge in [0, 0.05) is 10.3 Å². The average molecular weight is 226 g/mol. The van der Waals surface area contributed by atoms with Crippen LogP contribution in [0, 0.1) is 15.9 Å². The van der Waals surface area contributed by atoms with E-state index >= 15 is 0 Å². The van der Waals surface area contributed by atoms with Crippen molar-refractivity contribution in [3.05, 3.63) is 40.3 Å². The van der Waals surface area contributed by atoms with Gasteiger partial charge in [0.1, 0.15) is 0 Å². The molecule has 0 aliphatic heterocycles. The first-order valence-electron chi connectivity index (χ1n) is 4.13. The highest BCUT2D eigenvalue weighted by Gasteiger charge is 2.17. The van der Waals surface area contributed by atoms with Crippen molar-refractivity contribution < 1.29 is 9.42 Å². The molecular formula is C9H7FN2O2S. The van der Waals surface area contributed by atoms with Crippen molar-refractivity contribution in [1.29, 1.82) is 0 Å². The molecule has 78 valence electrons. The van der Waals surface area contributed by atoms with Crippen LogP contribution in [0.15, 0.2) is 29.3 Å². The second-order valence-corrected chi connectivity index (χ2v) is 3.76. The van der Waals surface area contributed by atoms with E-state index in [0.29, 0.717) is 10.3 Å². The molecule has 0 aliphatic rings. The molecule has 15 heavy (non-hydrogen) atoms. The van der Waals surface area contributed by atoms with Gasteiger partial charge in [0.2, 0.25) is 0 Å². The van der Waals surface area contributed by atoms with Crippen LogP contribution in [0.2, 0.25) is 0 Å². The van der Waals surface area contributed by atoms with Crippen LogP contribution in [0.5, 0.6) is 0 Å². The van der Waals surface area contributed by atoms with E-state index in [4.69, 9.17) is 0 Å². The number of benzene rings is 1. The van der Waals surface area contributed by atoms with E-state index in [9.17, 15) is 14.5 Å². The molecule has 2 rings (SSSR count). The maximum Gasteiger partial charge on any atom is 0.169 e. The van der Waals surface area contributed by atoms with Crippen molar-refractivity contribution in [3.63, 3.8) is 0 Å². The van der Waals surface area contributed by atoms with Crippen molar-refractivity contribution >= 4 is 22.7 Å². The molecule has 0 unspecified atom stereocenters. The molecular weight excluding hydrogens is 219 g/mol. The van der Waals surface area contributed by atoms with Gasteiger partial charge < -0.3 is 0 Å². The van der Waals surface area contributed by atoms with Crippen LogP contribution in [0.25, 0.3) is 10.9 Å². The van der Waals surface area contributed by atoms with Gasteiger partial charge >= 0.3 is 0 Å². The summed E-state index contributed by atoms with van der Waals surface area (Å²) in [5.41, 5.74) is 0.0202. The highest BCUT2D eigenvalue weighted by Crippen LogP contribution is 2.29. The van der Waals surface area contributed by atoms with Crippen LogP contribution in [-0.4, -0.2) is 16.0 Å². The minimum absolute atomic E-state index is 0.0202. The number of hydrogen-bond acceptors (Lipinski definition) is 3. The molecule has 0 fully saturated rings. The smallest absolute Gasteiger partial charge is 0.169 e. The predicted molar refractivity (Wildman–Crippen MR) is 56.1 cm³/mol. The third-order valence-corrected chi connectivity index (χ3v) is 2.88. The number of aromatic nitrogens is 1. The minimum atomic E-state index is -0.634. The summed E-state index contributed by atoms with van der Waals surface area (Å²) < 4.78 is 14.1. The Morgan fingerprint density at radius 2 is 2.27 bits per heavy atom. The van der Waals surface area contributed by atoms with Crippen LogP contribution >= 0.6 is 11.8 Å². The lowest BCUT2D eigenvalue weighted by atomic mass is 10.2. The molecule has 0 amide bonds. The summed E-state index contributed by atoms with van der Waals surface area (Å²) >= 11 is 1.35. The fourth-order valence-corrected chi connectivity index (χ4v) is 2.07. The van der Waals surface area contributed by atoms with Crippen LogP contribution in [0.4, 0.5) is 4.39 Å². The molecule has 0 bridgehead atoms. The predicted octanol–water partition coefficient (Wildman–Crippen LogP) is 2.54. The lowest BCUT2D eigenvalue weighted by molar-refractivity contribution is -0.538. The van der Waals surface area contributed by atoms with Crippen LogP contribution in [0.3, 0.4) is 0 Å². The quantitative estimate of drug-likeness (QED) is 0.449. The van der Waals surface area contributed by atoms with Crippen LogP contribution < -0.4 is 0 Å². The van der Waals surface area contributed by atoms with E-state index in [0.717, 1.165) is 4.68 Å². The molecule has 4 nitrogen and oxygen atoms in total. The number of thioether (sulfide) groups is 1. The molecule has 6 heteroatoms. The molecule has 1 aromatic heterocycles. The van der Waals surface area contributed by atoms with Crippen molar-refractivity contribution in [2.45, 2.75) is 4.90 Å². The molecule has 0 saturated heterocycles. The number of para-hydroxylation sites is 1. The number of nitrogens with zero attached hydrogens (tertiary/aromatic N) is 2. The average Bonchev–Trinajstić information content (AvgIpc) is 2.58. The van der Waals surface area contributed by atoms with Crippen molar-refractivity contribution in [2.75, 3.05) is 6.26 Å². The number of hydrogen-bond donors (Lipinski definition) is 0. The Labute approximate surface area is 88.8 Å². The van der Waals surface area contributed by atoms with Gasteiger partial charge in [-0.2, -0.15) is 0 Å². The first-order chi connectivity index (χ1) is 7.15. The molecule has 0 spiro atoms. The maximum absolute atomic E-state index is 13.4. The second-order valence-electron chi connectivity index (χ2n) is 2.92. The Morgan fingerprint density at radius 3 is 2.87 bits per heavy atom. The Bertz CT molecular complexity index is 538.